The molecule has 3 aliphatic carbocycles. The van der Waals surface area contributed by atoms with E-state index in [1.165, 1.54) is 38.5 Å². The van der Waals surface area contributed by atoms with Crippen LogP contribution in [-0.2, 0) is 16.2 Å². The summed E-state index contributed by atoms with van der Waals surface area (Å²) in [5.74, 6) is 1.01. The van der Waals surface area contributed by atoms with Gasteiger partial charge in [0.15, 0.2) is 0 Å². The van der Waals surface area contributed by atoms with Crippen molar-refractivity contribution in [2.45, 2.75) is 82.5 Å². The molecule has 2 fully saturated rings. The van der Waals surface area contributed by atoms with Crippen molar-refractivity contribution in [3.8, 4) is 0 Å². The fourth-order valence-corrected chi connectivity index (χ4v) is 5.13. The van der Waals surface area contributed by atoms with Crippen LogP contribution in [0, 0.1) is 5.92 Å². The molecule has 0 nitrogen and oxygen atoms in total. The molecule has 1 aromatic rings. The lowest BCUT2D eigenvalue weighted by Gasteiger charge is -2.42. The maximum absolute atomic E-state index is 2.61. The number of fused-ring (bicyclic) bond motifs is 2. The first-order chi connectivity index (χ1) is 9.35. The van der Waals surface area contributed by atoms with Gasteiger partial charge in [0.1, 0.15) is 0 Å². The fraction of sp³-hybridized carbons (Fsp3) is 0.700. The summed E-state index contributed by atoms with van der Waals surface area (Å²) in [6.07, 6.45) is 8.49. The smallest absolute Gasteiger partial charge is 0.00154 e. The summed E-state index contributed by atoms with van der Waals surface area (Å²) in [7, 11) is 0. The van der Waals surface area contributed by atoms with Crippen LogP contribution in [0.4, 0.5) is 0 Å². The zero-order valence-electron chi connectivity index (χ0n) is 13.6. The zero-order chi connectivity index (χ0) is 14.2. The molecular weight excluding hydrogens is 240 g/mol. The summed E-state index contributed by atoms with van der Waals surface area (Å²) >= 11 is 0. The van der Waals surface area contributed by atoms with Gasteiger partial charge in [0.05, 0.1) is 0 Å². The Morgan fingerprint density at radius 2 is 1.60 bits per heavy atom. The molecule has 0 heterocycles. The monoisotopic (exact) mass is 268 g/mol. The maximum Gasteiger partial charge on any atom is -0.00154 e. The van der Waals surface area contributed by atoms with Crippen molar-refractivity contribution in [1.82, 2.24) is 0 Å². The second-order valence-electron chi connectivity index (χ2n) is 8.98. The Balaban J connectivity index is 1.83. The molecule has 0 saturated heterocycles. The van der Waals surface area contributed by atoms with E-state index in [2.05, 4.69) is 45.9 Å². The van der Waals surface area contributed by atoms with Crippen molar-refractivity contribution < 1.29 is 0 Å². The molecule has 0 bridgehead atoms. The van der Waals surface area contributed by atoms with Crippen molar-refractivity contribution in [1.29, 1.82) is 0 Å². The molecule has 0 aromatic heterocycles. The Labute approximate surface area is 124 Å². The molecule has 0 radical (unpaired) electrons. The first-order valence-electron chi connectivity index (χ1n) is 8.51. The number of rotatable bonds is 1. The van der Waals surface area contributed by atoms with E-state index in [0.717, 1.165) is 5.92 Å². The predicted octanol–water partition coefficient (Wildman–Crippen LogP) is 5.48. The Morgan fingerprint density at radius 1 is 0.900 bits per heavy atom. The molecule has 0 spiro atoms. The molecule has 0 aliphatic heterocycles. The van der Waals surface area contributed by atoms with Crippen molar-refractivity contribution in [2.75, 3.05) is 0 Å². The summed E-state index contributed by atoms with van der Waals surface area (Å²) in [6, 6.07) is 7.57. The van der Waals surface area contributed by atoms with E-state index >= 15 is 0 Å². The molecule has 2 unspecified atom stereocenters. The summed E-state index contributed by atoms with van der Waals surface area (Å²) in [6.45, 7) is 9.74. The number of hydrogen-bond donors (Lipinski definition) is 0. The van der Waals surface area contributed by atoms with Crippen molar-refractivity contribution in [3.05, 3.63) is 34.9 Å². The van der Waals surface area contributed by atoms with Gasteiger partial charge in [-0.1, -0.05) is 52.3 Å². The Bertz CT molecular complexity index is 563. The normalized spacial score (nSPS) is 36.3. The van der Waals surface area contributed by atoms with E-state index in [0.29, 0.717) is 16.2 Å². The minimum atomic E-state index is 0.361. The number of hydrogen-bond acceptors (Lipinski definition) is 0. The molecule has 108 valence electrons. The molecule has 0 heteroatoms. The second-order valence-corrected chi connectivity index (χ2v) is 8.98. The fourth-order valence-electron chi connectivity index (χ4n) is 5.13. The van der Waals surface area contributed by atoms with E-state index < -0.39 is 0 Å². The molecule has 4 rings (SSSR count). The predicted molar refractivity (Wildman–Crippen MR) is 85.4 cm³/mol. The van der Waals surface area contributed by atoms with Gasteiger partial charge in [-0.05, 0) is 71.0 Å². The quantitative estimate of drug-likeness (QED) is 0.633. The summed E-state index contributed by atoms with van der Waals surface area (Å²) in [5.41, 5.74) is 6.26. The highest BCUT2D eigenvalue weighted by molar-refractivity contribution is 5.47. The lowest BCUT2D eigenvalue weighted by Crippen LogP contribution is -2.34. The zero-order valence-corrected chi connectivity index (χ0v) is 13.6. The van der Waals surface area contributed by atoms with Gasteiger partial charge in [0.2, 0.25) is 0 Å². The molecular formula is C20H28. The lowest BCUT2D eigenvalue weighted by atomic mass is 9.62. The lowest BCUT2D eigenvalue weighted by molar-refractivity contribution is 0.331. The van der Waals surface area contributed by atoms with Crippen LogP contribution in [-0.4, -0.2) is 0 Å². The number of benzene rings is 1. The molecule has 3 aliphatic rings. The van der Waals surface area contributed by atoms with E-state index in [-0.39, 0.29) is 0 Å². The van der Waals surface area contributed by atoms with Gasteiger partial charge in [-0.25, -0.2) is 0 Å². The van der Waals surface area contributed by atoms with E-state index in [9.17, 15) is 0 Å². The van der Waals surface area contributed by atoms with Crippen molar-refractivity contribution in [3.63, 3.8) is 0 Å². The van der Waals surface area contributed by atoms with Gasteiger partial charge in [-0.2, -0.15) is 0 Å². The molecule has 0 N–H and O–H groups in total. The van der Waals surface area contributed by atoms with Crippen LogP contribution in [0.5, 0.6) is 0 Å². The highest BCUT2D eigenvalue weighted by Gasteiger charge is 2.57. The van der Waals surface area contributed by atoms with Gasteiger partial charge >= 0.3 is 0 Å². The summed E-state index contributed by atoms with van der Waals surface area (Å²) in [4.78, 5) is 0. The van der Waals surface area contributed by atoms with Crippen LogP contribution in [0.2, 0.25) is 0 Å². The van der Waals surface area contributed by atoms with Crippen LogP contribution in [0.25, 0.3) is 0 Å². The Kier molecular flexibility index (Phi) is 2.39. The van der Waals surface area contributed by atoms with Crippen molar-refractivity contribution >= 4 is 0 Å². The molecule has 1 aromatic carbocycles. The van der Waals surface area contributed by atoms with Gasteiger partial charge < -0.3 is 0 Å². The molecule has 2 atom stereocenters. The van der Waals surface area contributed by atoms with Gasteiger partial charge in [-0.15, -0.1) is 0 Å². The van der Waals surface area contributed by atoms with Gasteiger partial charge in [0.25, 0.3) is 0 Å². The average molecular weight is 268 g/mol. The second kappa shape index (κ2) is 3.70. The Hall–Kier alpha value is -0.780. The molecule has 0 amide bonds. The van der Waals surface area contributed by atoms with Gasteiger partial charge in [0, 0.05) is 0 Å². The van der Waals surface area contributed by atoms with Crippen LogP contribution >= 0.6 is 0 Å². The first-order valence-corrected chi connectivity index (χ1v) is 8.51. The topological polar surface area (TPSA) is 0 Å². The van der Waals surface area contributed by atoms with Gasteiger partial charge in [-0.3, -0.25) is 0 Å². The standard InChI is InChI=1S/C20H28/c1-18(2)10-11-19(3,4)17-12-14(7-8-16(17)18)20-9-5-6-15(20)13-20/h7-8,12,15H,5-6,9-11,13H2,1-4H3. The largest absolute Gasteiger partial charge is 0.0582 e. The third-order valence-electron chi connectivity index (χ3n) is 6.84. The Morgan fingerprint density at radius 3 is 2.20 bits per heavy atom. The minimum absolute atomic E-state index is 0.361. The molecule has 20 heavy (non-hydrogen) atoms. The van der Waals surface area contributed by atoms with Crippen LogP contribution in [0.3, 0.4) is 0 Å². The molecule has 2 saturated carbocycles. The third kappa shape index (κ3) is 1.60. The van der Waals surface area contributed by atoms with Crippen molar-refractivity contribution in [2.24, 2.45) is 5.92 Å². The van der Waals surface area contributed by atoms with E-state index in [1.807, 2.05) is 0 Å². The SMILES string of the molecule is CC1(C)CCC(C)(C)c2cc(C34CCCC3C4)ccc21. The van der Waals surface area contributed by atoms with E-state index in [4.69, 9.17) is 0 Å². The highest BCUT2D eigenvalue weighted by Crippen LogP contribution is 2.65. The summed E-state index contributed by atoms with van der Waals surface area (Å²) in [5, 5.41) is 0. The maximum atomic E-state index is 2.61. The van der Waals surface area contributed by atoms with Crippen LogP contribution < -0.4 is 0 Å². The van der Waals surface area contributed by atoms with E-state index in [1.54, 1.807) is 16.7 Å². The van der Waals surface area contributed by atoms with Crippen LogP contribution in [0.15, 0.2) is 18.2 Å². The third-order valence-corrected chi connectivity index (χ3v) is 6.84. The summed E-state index contributed by atoms with van der Waals surface area (Å²) < 4.78 is 0. The first kappa shape index (κ1) is 12.9. The minimum Gasteiger partial charge on any atom is -0.0582 e. The highest BCUT2D eigenvalue weighted by atomic mass is 14.6. The van der Waals surface area contributed by atoms with Crippen LogP contribution in [0.1, 0.15) is 82.9 Å². The average Bonchev–Trinajstić information content (AvgIpc) is 2.97.